The number of amides is 1. The first-order valence-corrected chi connectivity index (χ1v) is 12.1. The van der Waals surface area contributed by atoms with E-state index in [0.29, 0.717) is 25.8 Å². The zero-order chi connectivity index (χ0) is 25.2. The Labute approximate surface area is 206 Å². The van der Waals surface area contributed by atoms with E-state index < -0.39 is 11.2 Å². The van der Waals surface area contributed by atoms with Crippen molar-refractivity contribution < 1.29 is 24.2 Å². The molecule has 3 N–H and O–H groups in total. The second-order valence-electron chi connectivity index (χ2n) is 10.2. The molecule has 2 saturated heterocycles. The van der Waals surface area contributed by atoms with Crippen LogP contribution in [0.3, 0.4) is 0 Å². The van der Waals surface area contributed by atoms with Crippen LogP contribution in [0.5, 0.6) is 0 Å². The van der Waals surface area contributed by atoms with Crippen molar-refractivity contribution in [2.24, 2.45) is 0 Å². The summed E-state index contributed by atoms with van der Waals surface area (Å²) in [6.07, 6.45) is 1.12. The normalized spacial score (nSPS) is 25.7. The molecule has 188 valence electrons. The van der Waals surface area contributed by atoms with Crippen molar-refractivity contribution in [3.05, 3.63) is 71.3 Å². The van der Waals surface area contributed by atoms with E-state index in [1.54, 1.807) is 18.7 Å². The van der Waals surface area contributed by atoms with E-state index in [4.69, 9.17) is 9.47 Å². The van der Waals surface area contributed by atoms with Crippen molar-refractivity contribution in [3.8, 4) is 0 Å². The van der Waals surface area contributed by atoms with Gasteiger partial charge in [-0.15, -0.1) is 0 Å². The Bertz CT molecular complexity index is 1040. The molecular formula is C27H35N3O5. The molecule has 2 aromatic carbocycles. The van der Waals surface area contributed by atoms with Crippen LogP contribution in [-0.4, -0.2) is 47.4 Å². The van der Waals surface area contributed by atoms with Gasteiger partial charge in [-0.1, -0.05) is 54.6 Å². The van der Waals surface area contributed by atoms with Crippen molar-refractivity contribution in [2.45, 2.75) is 69.4 Å². The number of nitrogens with one attached hydrogen (secondary N) is 2. The van der Waals surface area contributed by atoms with Gasteiger partial charge in [0.05, 0.1) is 18.8 Å². The largest absolute Gasteiger partial charge is 0.468 e. The molecule has 35 heavy (non-hydrogen) atoms. The third-order valence-electron chi connectivity index (χ3n) is 6.97. The number of hydrazine groups is 1. The molecule has 4 atom stereocenters. The third-order valence-corrected chi connectivity index (χ3v) is 6.97. The van der Waals surface area contributed by atoms with Gasteiger partial charge in [0.1, 0.15) is 11.6 Å². The number of carbonyl (C=O) groups is 2. The van der Waals surface area contributed by atoms with E-state index >= 15 is 0 Å². The van der Waals surface area contributed by atoms with Gasteiger partial charge >= 0.3 is 12.1 Å². The summed E-state index contributed by atoms with van der Waals surface area (Å²) in [5, 5.41) is 10.6. The number of hydrogen-bond acceptors (Lipinski definition) is 7. The zero-order valence-corrected chi connectivity index (χ0v) is 20.8. The fourth-order valence-corrected chi connectivity index (χ4v) is 5.15. The summed E-state index contributed by atoms with van der Waals surface area (Å²) in [7, 11) is 1.38. The summed E-state index contributed by atoms with van der Waals surface area (Å²) in [5.41, 5.74) is 7.21. The highest BCUT2D eigenvalue weighted by Gasteiger charge is 2.46. The molecule has 2 fully saturated rings. The monoisotopic (exact) mass is 481 g/mol. The van der Waals surface area contributed by atoms with Crippen molar-refractivity contribution in [1.82, 2.24) is 15.8 Å². The summed E-state index contributed by atoms with van der Waals surface area (Å²) in [6.45, 7) is 5.99. The lowest BCUT2D eigenvalue weighted by molar-refractivity contribution is -0.142. The molecule has 0 aromatic heterocycles. The van der Waals surface area contributed by atoms with E-state index in [1.165, 1.54) is 7.11 Å². The molecule has 0 spiro atoms. The highest BCUT2D eigenvalue weighted by molar-refractivity contribution is 5.76. The van der Waals surface area contributed by atoms with Gasteiger partial charge in [-0.25, -0.2) is 15.6 Å². The number of methoxy groups -OCH3 is 1. The van der Waals surface area contributed by atoms with Gasteiger partial charge in [0.2, 0.25) is 0 Å². The maximum atomic E-state index is 13.2. The van der Waals surface area contributed by atoms with E-state index in [0.717, 1.165) is 16.7 Å². The van der Waals surface area contributed by atoms with E-state index in [1.807, 2.05) is 61.5 Å². The van der Waals surface area contributed by atoms with Crippen molar-refractivity contribution in [3.63, 3.8) is 0 Å². The van der Waals surface area contributed by atoms with E-state index in [-0.39, 0.29) is 30.2 Å². The fourth-order valence-electron chi connectivity index (χ4n) is 5.15. The minimum atomic E-state index is -0.990. The van der Waals surface area contributed by atoms with Crippen LogP contribution in [0, 0.1) is 0 Å². The summed E-state index contributed by atoms with van der Waals surface area (Å²) < 4.78 is 10.9. The topological polar surface area (TPSA) is 100 Å². The van der Waals surface area contributed by atoms with E-state index in [2.05, 4.69) is 10.9 Å². The first kappa shape index (κ1) is 25.2. The number of cyclic esters (lactones) is 1. The number of rotatable bonds is 7. The molecule has 8 heteroatoms. The Morgan fingerprint density at radius 3 is 2.49 bits per heavy atom. The molecule has 8 nitrogen and oxygen atoms in total. The SMILES string of the molecule is COC(=O)C1CC(c2ccc([C@H](C)N3CC[C@](CC(C)(C)O)(c4ccccc4)OC3=O)cc2)NN1. The van der Waals surface area contributed by atoms with Gasteiger partial charge in [-0.2, -0.15) is 0 Å². The van der Waals surface area contributed by atoms with Crippen LogP contribution in [0.1, 0.15) is 68.8 Å². The van der Waals surface area contributed by atoms with Crippen LogP contribution >= 0.6 is 0 Å². The van der Waals surface area contributed by atoms with Crippen molar-refractivity contribution in [1.29, 1.82) is 0 Å². The van der Waals surface area contributed by atoms with Gasteiger partial charge in [0, 0.05) is 25.4 Å². The third kappa shape index (κ3) is 5.50. The van der Waals surface area contributed by atoms with Gasteiger partial charge in [-0.3, -0.25) is 4.79 Å². The number of ether oxygens (including phenoxy) is 2. The predicted octanol–water partition coefficient (Wildman–Crippen LogP) is 3.73. The molecule has 2 heterocycles. The molecular weight excluding hydrogens is 446 g/mol. The number of esters is 1. The summed E-state index contributed by atoms with van der Waals surface area (Å²) in [6, 6.07) is 17.2. The summed E-state index contributed by atoms with van der Waals surface area (Å²) >= 11 is 0. The molecule has 2 unspecified atom stereocenters. The second-order valence-corrected chi connectivity index (χ2v) is 10.2. The number of benzene rings is 2. The van der Waals surface area contributed by atoms with Crippen LogP contribution in [-0.2, 0) is 19.9 Å². The number of carbonyl (C=O) groups excluding carboxylic acids is 2. The molecule has 2 aliphatic heterocycles. The fraction of sp³-hybridized carbons (Fsp3) is 0.481. The Balaban J connectivity index is 1.46. The Morgan fingerprint density at radius 1 is 1.20 bits per heavy atom. The number of nitrogens with zero attached hydrogens (tertiary/aromatic N) is 1. The number of hydrogen-bond donors (Lipinski definition) is 3. The van der Waals surface area contributed by atoms with Crippen LogP contribution < -0.4 is 10.9 Å². The predicted molar refractivity (Wildman–Crippen MR) is 131 cm³/mol. The first-order valence-electron chi connectivity index (χ1n) is 12.1. The standard InChI is InChI=1S/C27H35N3O5/c1-18(19-10-12-20(13-11-19)22-16-23(29-28-22)24(31)34-4)30-15-14-27(35-25(30)32,17-26(2,3)33)21-8-6-5-7-9-21/h5-13,18,22-23,28-29,33H,14-17H2,1-4H3/t18-,22?,23?,27-/m0/s1. The first-order chi connectivity index (χ1) is 16.6. The lowest BCUT2D eigenvalue weighted by atomic mass is 9.80. The average Bonchev–Trinajstić information content (AvgIpc) is 3.33. The average molecular weight is 482 g/mol. The van der Waals surface area contributed by atoms with Gasteiger partial charge in [0.15, 0.2) is 0 Å². The Hall–Kier alpha value is -2.94. The molecule has 4 rings (SSSR count). The van der Waals surface area contributed by atoms with Gasteiger partial charge in [0.25, 0.3) is 0 Å². The lowest BCUT2D eigenvalue weighted by Gasteiger charge is -2.45. The molecule has 0 radical (unpaired) electrons. The Kier molecular flexibility index (Phi) is 7.17. The smallest absolute Gasteiger partial charge is 0.411 e. The summed E-state index contributed by atoms with van der Waals surface area (Å²) in [4.78, 5) is 26.8. The molecule has 2 aliphatic rings. The van der Waals surface area contributed by atoms with Crippen LogP contribution in [0.15, 0.2) is 54.6 Å². The molecule has 0 saturated carbocycles. The lowest BCUT2D eigenvalue weighted by Crippen LogP contribution is -2.51. The van der Waals surface area contributed by atoms with Crippen molar-refractivity contribution >= 4 is 12.1 Å². The second kappa shape index (κ2) is 9.97. The van der Waals surface area contributed by atoms with Crippen LogP contribution in [0.2, 0.25) is 0 Å². The van der Waals surface area contributed by atoms with Crippen LogP contribution in [0.4, 0.5) is 4.79 Å². The highest BCUT2D eigenvalue weighted by atomic mass is 16.6. The zero-order valence-electron chi connectivity index (χ0n) is 20.8. The molecule has 1 amide bonds. The van der Waals surface area contributed by atoms with Crippen molar-refractivity contribution in [2.75, 3.05) is 13.7 Å². The van der Waals surface area contributed by atoms with Crippen LogP contribution in [0.25, 0.3) is 0 Å². The quantitative estimate of drug-likeness (QED) is 0.518. The maximum absolute atomic E-state index is 13.2. The molecule has 0 aliphatic carbocycles. The van der Waals surface area contributed by atoms with Gasteiger partial charge < -0.3 is 19.5 Å². The Morgan fingerprint density at radius 2 is 1.89 bits per heavy atom. The minimum Gasteiger partial charge on any atom is -0.468 e. The molecule has 2 aromatic rings. The summed E-state index contributed by atoms with van der Waals surface area (Å²) in [5.74, 6) is -0.287. The maximum Gasteiger partial charge on any atom is 0.411 e. The van der Waals surface area contributed by atoms with Gasteiger partial charge in [-0.05, 0) is 43.9 Å². The molecule has 0 bridgehead atoms. The van der Waals surface area contributed by atoms with E-state index in [9.17, 15) is 14.7 Å². The number of aliphatic hydroxyl groups is 1. The highest BCUT2D eigenvalue weighted by Crippen LogP contribution is 2.42. The minimum absolute atomic E-state index is 0.00303.